The van der Waals surface area contributed by atoms with Crippen molar-refractivity contribution < 1.29 is 23.7 Å². The van der Waals surface area contributed by atoms with Gasteiger partial charge in [-0.3, -0.25) is 0 Å². The second-order valence-electron chi connectivity index (χ2n) is 5.89. The molecule has 29 heavy (non-hydrogen) atoms. The average Bonchev–Trinajstić information content (AvgIpc) is 2.71. The molecule has 0 bridgehead atoms. The summed E-state index contributed by atoms with van der Waals surface area (Å²) in [5.41, 5.74) is 1.42. The van der Waals surface area contributed by atoms with Gasteiger partial charge in [0.15, 0.2) is 11.5 Å². The van der Waals surface area contributed by atoms with E-state index >= 15 is 0 Å². The van der Waals surface area contributed by atoms with Crippen molar-refractivity contribution >= 4 is 23.6 Å². The van der Waals surface area contributed by atoms with Crippen molar-refractivity contribution in [2.24, 2.45) is 0 Å². The number of halogens is 1. The predicted octanol–water partition coefficient (Wildman–Crippen LogP) is 4.58. The topological polar surface area (TPSA) is 77.8 Å². The Morgan fingerprint density at radius 3 is 2.55 bits per heavy atom. The summed E-state index contributed by atoms with van der Waals surface area (Å²) in [6.45, 7) is 4.40. The molecule has 0 heterocycles. The smallest absolute Gasteiger partial charge is 0.348 e. The molecule has 0 saturated heterocycles. The molecule has 0 N–H and O–H groups in total. The minimum atomic E-state index is -0.696. The van der Waals surface area contributed by atoms with Crippen molar-refractivity contribution in [1.29, 1.82) is 5.26 Å². The van der Waals surface area contributed by atoms with E-state index in [1.165, 1.54) is 13.2 Å². The van der Waals surface area contributed by atoms with Gasteiger partial charge in [-0.1, -0.05) is 29.8 Å². The number of methoxy groups -OCH3 is 1. The van der Waals surface area contributed by atoms with Crippen molar-refractivity contribution in [3.63, 3.8) is 0 Å². The molecule has 0 saturated carbocycles. The summed E-state index contributed by atoms with van der Waals surface area (Å²) < 4.78 is 21.6. The van der Waals surface area contributed by atoms with Crippen LogP contribution in [-0.4, -0.2) is 32.9 Å². The van der Waals surface area contributed by atoms with Gasteiger partial charge in [0, 0.05) is 0 Å². The number of aryl methyl sites for hydroxylation is 1. The van der Waals surface area contributed by atoms with Gasteiger partial charge in [-0.2, -0.15) is 5.26 Å². The molecule has 0 spiro atoms. The van der Waals surface area contributed by atoms with Crippen molar-refractivity contribution in [2.75, 3.05) is 26.9 Å². The lowest BCUT2D eigenvalue weighted by Crippen LogP contribution is -2.10. The number of ether oxygens (including phenoxy) is 4. The van der Waals surface area contributed by atoms with Crippen molar-refractivity contribution in [2.45, 2.75) is 13.8 Å². The van der Waals surface area contributed by atoms with Crippen LogP contribution in [0.25, 0.3) is 6.08 Å². The number of hydrogen-bond acceptors (Lipinski definition) is 6. The van der Waals surface area contributed by atoms with Crippen molar-refractivity contribution in [3.8, 4) is 23.3 Å². The Bertz CT molecular complexity index is 933. The first-order valence-corrected chi connectivity index (χ1v) is 9.35. The van der Waals surface area contributed by atoms with E-state index in [1.807, 2.05) is 37.3 Å². The van der Waals surface area contributed by atoms with E-state index in [9.17, 15) is 4.79 Å². The minimum absolute atomic E-state index is 0.134. The maximum absolute atomic E-state index is 11.8. The standard InChI is InChI=1S/C22H22ClNO5/c1-4-27-22(25)17(14-24)11-16-12-18(23)21(20(13-16)26-3)29-10-9-28-19-8-6-5-7-15(19)2/h5-8,11-13H,4,9-10H2,1-3H3/b17-11+. The number of nitriles is 1. The zero-order chi connectivity index (χ0) is 21.2. The Hall–Kier alpha value is -3.17. The quantitative estimate of drug-likeness (QED) is 0.258. The molecule has 6 nitrogen and oxygen atoms in total. The first kappa shape index (κ1) is 22.1. The van der Waals surface area contributed by atoms with Crippen LogP contribution < -0.4 is 14.2 Å². The SMILES string of the molecule is CCOC(=O)/C(C#N)=C/c1cc(Cl)c(OCCOc2ccccc2C)c(OC)c1. The summed E-state index contributed by atoms with van der Waals surface area (Å²) in [6, 6.07) is 12.7. The number of hydrogen-bond donors (Lipinski definition) is 0. The molecule has 0 radical (unpaired) electrons. The van der Waals surface area contributed by atoms with Crippen molar-refractivity contribution in [1.82, 2.24) is 0 Å². The molecule has 0 amide bonds. The van der Waals surface area contributed by atoms with Crippen LogP contribution in [0, 0.1) is 18.3 Å². The zero-order valence-corrected chi connectivity index (χ0v) is 17.3. The molecule has 2 aromatic rings. The number of carbonyl (C=O) groups excluding carboxylic acids is 1. The molecule has 0 fully saturated rings. The van der Waals surface area contributed by atoms with Gasteiger partial charge in [0.25, 0.3) is 0 Å². The Kier molecular flexibility index (Phi) is 8.38. The molecule has 152 valence electrons. The van der Waals surface area contributed by atoms with E-state index in [0.29, 0.717) is 23.7 Å². The molecule has 0 aromatic heterocycles. The van der Waals surface area contributed by atoms with Crippen LogP contribution in [-0.2, 0) is 9.53 Å². The van der Waals surface area contributed by atoms with E-state index in [2.05, 4.69) is 0 Å². The monoisotopic (exact) mass is 415 g/mol. The lowest BCUT2D eigenvalue weighted by Gasteiger charge is -2.14. The molecule has 0 unspecified atom stereocenters. The summed E-state index contributed by atoms with van der Waals surface area (Å²) in [7, 11) is 1.48. The second kappa shape index (κ2) is 11.0. The summed E-state index contributed by atoms with van der Waals surface area (Å²) in [4.78, 5) is 11.8. The largest absolute Gasteiger partial charge is 0.493 e. The molecule has 0 aliphatic carbocycles. The number of rotatable bonds is 9. The number of nitrogens with zero attached hydrogens (tertiary/aromatic N) is 1. The normalized spacial score (nSPS) is 10.8. The van der Waals surface area contributed by atoms with Gasteiger partial charge in [-0.05, 0) is 49.2 Å². The molecule has 2 aromatic carbocycles. The zero-order valence-electron chi connectivity index (χ0n) is 16.5. The van der Waals surface area contributed by atoms with Gasteiger partial charge in [-0.25, -0.2) is 4.79 Å². The summed E-state index contributed by atoms with van der Waals surface area (Å²) in [5.74, 6) is 0.826. The average molecular weight is 416 g/mol. The highest BCUT2D eigenvalue weighted by atomic mass is 35.5. The number of carbonyl (C=O) groups is 1. The highest BCUT2D eigenvalue weighted by molar-refractivity contribution is 6.32. The van der Waals surface area contributed by atoms with Crippen LogP contribution in [0.1, 0.15) is 18.1 Å². The molecular formula is C22H22ClNO5. The molecule has 2 rings (SSSR count). The van der Waals surface area contributed by atoms with Crippen LogP contribution in [0.15, 0.2) is 42.0 Å². The third kappa shape index (κ3) is 6.16. The van der Waals surface area contributed by atoms with E-state index in [1.54, 1.807) is 19.1 Å². The lowest BCUT2D eigenvalue weighted by atomic mass is 10.1. The Morgan fingerprint density at radius 1 is 1.17 bits per heavy atom. The van der Waals surface area contributed by atoms with Crippen LogP contribution in [0.3, 0.4) is 0 Å². The van der Waals surface area contributed by atoms with Gasteiger partial charge in [0.05, 0.1) is 18.7 Å². The lowest BCUT2D eigenvalue weighted by molar-refractivity contribution is -0.137. The highest BCUT2D eigenvalue weighted by Crippen LogP contribution is 2.37. The number of para-hydroxylation sites is 1. The van der Waals surface area contributed by atoms with E-state index < -0.39 is 5.97 Å². The molecule has 7 heteroatoms. The third-order valence-electron chi connectivity index (χ3n) is 3.86. The van der Waals surface area contributed by atoms with Gasteiger partial charge < -0.3 is 18.9 Å². The minimum Gasteiger partial charge on any atom is -0.493 e. The van der Waals surface area contributed by atoms with E-state index in [4.69, 9.17) is 35.8 Å². The highest BCUT2D eigenvalue weighted by Gasteiger charge is 2.14. The van der Waals surface area contributed by atoms with Crippen molar-refractivity contribution in [3.05, 3.63) is 58.1 Å². The van der Waals surface area contributed by atoms with Gasteiger partial charge in [0.2, 0.25) is 0 Å². The first-order valence-electron chi connectivity index (χ1n) is 8.97. The Balaban J connectivity index is 2.11. The number of benzene rings is 2. The van der Waals surface area contributed by atoms with Crippen LogP contribution in [0.2, 0.25) is 5.02 Å². The Labute approximate surface area is 175 Å². The summed E-state index contributed by atoms with van der Waals surface area (Å²) in [5, 5.41) is 9.45. The maximum atomic E-state index is 11.8. The van der Waals surface area contributed by atoms with Gasteiger partial charge in [-0.15, -0.1) is 0 Å². The first-order chi connectivity index (χ1) is 14.0. The van der Waals surface area contributed by atoms with E-state index in [-0.39, 0.29) is 23.8 Å². The molecule has 0 aliphatic rings. The molecule has 0 aliphatic heterocycles. The van der Waals surface area contributed by atoms with Crippen LogP contribution >= 0.6 is 11.6 Å². The number of esters is 1. The predicted molar refractivity (Wildman–Crippen MR) is 110 cm³/mol. The van der Waals surface area contributed by atoms with Gasteiger partial charge in [0.1, 0.15) is 30.6 Å². The van der Waals surface area contributed by atoms with Crippen LogP contribution in [0.5, 0.6) is 17.2 Å². The molecular weight excluding hydrogens is 394 g/mol. The Morgan fingerprint density at radius 2 is 1.90 bits per heavy atom. The summed E-state index contributed by atoms with van der Waals surface area (Å²) >= 11 is 6.33. The maximum Gasteiger partial charge on any atom is 0.348 e. The molecule has 0 atom stereocenters. The fourth-order valence-corrected chi connectivity index (χ4v) is 2.76. The fourth-order valence-electron chi connectivity index (χ4n) is 2.49. The fraction of sp³-hybridized carbons (Fsp3) is 0.273. The van der Waals surface area contributed by atoms with E-state index in [0.717, 1.165) is 11.3 Å². The second-order valence-corrected chi connectivity index (χ2v) is 6.29. The van der Waals surface area contributed by atoms with Crippen LogP contribution in [0.4, 0.5) is 0 Å². The third-order valence-corrected chi connectivity index (χ3v) is 4.14. The summed E-state index contributed by atoms with van der Waals surface area (Å²) in [6.07, 6.45) is 1.39. The van der Waals surface area contributed by atoms with Gasteiger partial charge >= 0.3 is 5.97 Å².